The Morgan fingerprint density at radius 2 is 0.850 bits per heavy atom. The van der Waals surface area contributed by atoms with E-state index in [2.05, 4.69) is 40.5 Å². The summed E-state index contributed by atoms with van der Waals surface area (Å²) in [6, 6.07) is 56.9. The number of imidazole rings is 4. The molecule has 5 aromatic heterocycles. The molecule has 0 saturated heterocycles. The van der Waals surface area contributed by atoms with Crippen LogP contribution in [0.15, 0.2) is 232 Å². The van der Waals surface area contributed by atoms with E-state index < -0.39 is 38.5 Å². The SMILES string of the molecule is CC#N.CNc1ccc(OC)cc1N.CNc1ccc(OC)cc1[N+](=O)[O-].COc1ccc(N)c([N+](=O)[O-])c1.COc1ccc2c(c1)ncn2C.Cc1cc(N)ccc1Oc1ccc2c(c1)ncn2C.Cc1cc([N+](=O)[O-])ccc1F.Cc1cc([N+](=O)[O-])ccc1Oc1ccc2c(c1)ncn2C.Cn1cnc2cc(O)ccc21.Fc1cccc2ncnc(Cl)c12.[2H]CF. The van der Waals surface area contributed by atoms with Crippen LogP contribution in [0.4, 0.5) is 64.4 Å². The number of nitro benzene ring substituents is 4. The number of nitrogens with zero attached hydrogens (tertiary/aromatic N) is 15. The van der Waals surface area contributed by atoms with Gasteiger partial charge in [0.1, 0.15) is 86.2 Å². The Hall–Kier alpha value is -16.6. The van der Waals surface area contributed by atoms with Crippen LogP contribution in [0.5, 0.6) is 51.7 Å². The number of anilines is 5. The van der Waals surface area contributed by atoms with E-state index in [-0.39, 0.29) is 44.7 Å². The van der Waals surface area contributed by atoms with E-state index >= 15 is 0 Å². The number of nitrogens with two attached hydrogens (primary N) is 3. The molecule has 0 fully saturated rings. The average Bonchev–Trinajstić information content (AvgIpc) is 1.54. The molecule has 16 aromatic rings. The van der Waals surface area contributed by atoms with Crippen molar-refractivity contribution in [1.29, 1.82) is 5.26 Å². The van der Waals surface area contributed by atoms with Crippen LogP contribution in [0.1, 0.15) is 25.0 Å². The Labute approximate surface area is 732 Å². The van der Waals surface area contributed by atoms with E-state index in [9.17, 15) is 53.6 Å². The van der Waals surface area contributed by atoms with Gasteiger partial charge in [-0.05, 0) is 165 Å². The van der Waals surface area contributed by atoms with Crippen LogP contribution in [0.25, 0.3) is 55.0 Å². The number of nitrogens with one attached hydrogen (secondary N) is 2. The van der Waals surface area contributed by atoms with Gasteiger partial charge in [0.25, 0.3) is 22.7 Å². The molecular formula is C88H92ClF3N20O15. The number of benzene rings is 11. The number of phenolic OH excluding ortho intramolecular Hbond substituents is 1. The Bertz CT molecular complexity index is 6460. The molecule has 662 valence electrons. The van der Waals surface area contributed by atoms with Crippen molar-refractivity contribution < 1.29 is 67.8 Å². The normalized spacial score (nSPS) is 10.0. The second-order valence-corrected chi connectivity index (χ2v) is 26.5. The van der Waals surface area contributed by atoms with Crippen LogP contribution < -0.4 is 56.3 Å². The summed E-state index contributed by atoms with van der Waals surface area (Å²) in [5.41, 5.74) is 29.9. The topological polar surface area (TPSA) is 471 Å². The first kappa shape index (κ1) is 97.5. The zero-order valence-corrected chi connectivity index (χ0v) is 72.0. The van der Waals surface area contributed by atoms with Gasteiger partial charge in [-0.25, -0.2) is 38.7 Å². The number of aryl methyl sites for hydroxylation is 7. The number of rotatable bonds is 14. The first-order valence-electron chi connectivity index (χ1n) is 38.0. The number of non-ortho nitro benzene ring substituents is 2. The maximum atomic E-state index is 13.1. The summed E-state index contributed by atoms with van der Waals surface area (Å²) in [7, 11) is 16.4. The van der Waals surface area contributed by atoms with Gasteiger partial charge in [0, 0.05) is 109 Å². The number of phenols is 1. The lowest BCUT2D eigenvalue weighted by Gasteiger charge is -2.09. The predicted molar refractivity (Wildman–Crippen MR) is 485 cm³/mol. The fourth-order valence-corrected chi connectivity index (χ4v) is 11.3. The fraction of sp³-hybridized carbons (Fsp3) is 0.170. The molecule has 127 heavy (non-hydrogen) atoms. The highest BCUT2D eigenvalue weighted by Gasteiger charge is 2.17. The van der Waals surface area contributed by atoms with Gasteiger partial charge in [-0.3, -0.25) is 44.8 Å². The minimum absolute atomic E-state index is 0.0156. The van der Waals surface area contributed by atoms with Crippen molar-refractivity contribution in [2.75, 3.05) is 77.5 Å². The molecule has 9 N–H and O–H groups in total. The number of nitro groups is 4. The highest BCUT2D eigenvalue weighted by molar-refractivity contribution is 6.34. The van der Waals surface area contributed by atoms with Crippen molar-refractivity contribution in [3.63, 3.8) is 0 Å². The smallest absolute Gasteiger partial charge is 0.296 e. The molecule has 0 aliphatic heterocycles. The van der Waals surface area contributed by atoms with Gasteiger partial charge in [0.05, 0.1) is 167 Å². The number of hydrogen-bond donors (Lipinski definition) is 6. The monoisotopic (exact) mass is 1760 g/mol. The van der Waals surface area contributed by atoms with Crippen molar-refractivity contribution in [2.24, 2.45) is 28.2 Å². The molecule has 0 unspecified atom stereocenters. The second-order valence-electron chi connectivity index (χ2n) is 26.2. The Morgan fingerprint density at radius 1 is 0.457 bits per heavy atom. The summed E-state index contributed by atoms with van der Waals surface area (Å²) < 4.78 is 80.3. The van der Waals surface area contributed by atoms with Crippen molar-refractivity contribution in [2.45, 2.75) is 27.7 Å². The molecule has 5 heterocycles. The van der Waals surface area contributed by atoms with Crippen LogP contribution >= 0.6 is 11.6 Å². The number of aromatic hydroxyl groups is 1. The van der Waals surface area contributed by atoms with E-state index in [0.29, 0.717) is 51.0 Å². The van der Waals surface area contributed by atoms with Gasteiger partial charge in [-0.2, -0.15) is 5.26 Å². The Morgan fingerprint density at radius 3 is 1.28 bits per heavy atom. The Kier molecular flexibility index (Phi) is 37.4. The molecule has 16 rings (SSSR count). The average molecular weight is 1760 g/mol. The summed E-state index contributed by atoms with van der Waals surface area (Å²) in [6.07, 6.45) is 8.37. The predicted octanol–water partition coefficient (Wildman–Crippen LogP) is 19.4. The van der Waals surface area contributed by atoms with Gasteiger partial charge < -0.3 is 79.6 Å². The van der Waals surface area contributed by atoms with Crippen LogP contribution in [0, 0.1) is 84.2 Å². The number of fused-ring (bicyclic) bond motifs is 5. The molecular weight excluding hydrogens is 1670 g/mol. The maximum absolute atomic E-state index is 13.1. The van der Waals surface area contributed by atoms with E-state index in [1.807, 2.05) is 151 Å². The first-order chi connectivity index (χ1) is 61.1. The van der Waals surface area contributed by atoms with E-state index in [0.717, 1.165) is 96.2 Å². The zero-order valence-electron chi connectivity index (χ0n) is 72.3. The van der Waals surface area contributed by atoms with Gasteiger partial charge in [0.15, 0.2) is 0 Å². The third-order valence-corrected chi connectivity index (χ3v) is 17.9. The fourth-order valence-electron chi connectivity index (χ4n) is 11.1. The van der Waals surface area contributed by atoms with Gasteiger partial charge in [-0.15, -0.1) is 0 Å². The molecule has 0 spiro atoms. The number of methoxy groups -OCH3 is 4. The van der Waals surface area contributed by atoms with Crippen molar-refractivity contribution in [1.82, 2.24) is 48.2 Å². The van der Waals surface area contributed by atoms with Gasteiger partial charge in [0.2, 0.25) is 0 Å². The number of ether oxygens (including phenoxy) is 6. The molecule has 0 aliphatic rings. The molecule has 0 bridgehead atoms. The molecule has 39 heteroatoms. The van der Waals surface area contributed by atoms with E-state index in [1.54, 1.807) is 114 Å². The Balaban J connectivity index is 0.000000222. The lowest BCUT2D eigenvalue weighted by molar-refractivity contribution is -0.385. The molecule has 35 nitrogen and oxygen atoms in total. The number of aromatic nitrogens is 10. The summed E-state index contributed by atoms with van der Waals surface area (Å²) in [5.74, 6) is 4.81. The van der Waals surface area contributed by atoms with Crippen molar-refractivity contribution in [3.8, 4) is 57.8 Å². The van der Waals surface area contributed by atoms with Crippen LogP contribution in [-0.4, -0.2) is 123 Å². The molecule has 0 amide bonds. The number of halogens is 4. The van der Waals surface area contributed by atoms with E-state index in [4.69, 9.17) is 69.0 Å². The molecule has 0 atom stereocenters. The highest BCUT2D eigenvalue weighted by atomic mass is 35.5. The van der Waals surface area contributed by atoms with Crippen LogP contribution in [-0.2, 0) is 28.2 Å². The number of hydrogen-bond acceptors (Lipinski definition) is 27. The maximum Gasteiger partial charge on any atom is 0.296 e. The third-order valence-electron chi connectivity index (χ3n) is 17.6. The standard InChI is InChI=1S/C15H13N3O3.C15H15N3O.C9H10N2O.C8H4ClFN2.C8H10N2O3.C8H8N2O.C8H12N2O.C7H6FNO2.C7H8N2O3.C2H3N.CH3F/c1-10-7-11(18(19)20)3-6-15(10)21-12-4-5-14-13(8-12)16-9-17(14)2;1-10-7-11(16)3-6-15(10)19-12-4-5-14-13(8-12)17-9-18(14)2;1-11-6-10-8-5-7(12-2)3-4-9(8)11;9-8-7-5(10)2-1-3-6(7)11-4-12-8;1-9-7-4-3-6(13-2)5-8(7)10(11)12;1-10-5-9-7-4-6(11)2-3-8(7)10;1-10-8-4-3-6(11-2)5-7(8)9;1-5-4-6(9(10)11)2-3-7(5)8;1-12-5-2-3-6(8)7(4-5)9(10)11;1-2-3;1-2/h3-9H,1-2H3;3-9H,16H2,1-2H3;3-6H,1-2H3;1-4H;3-5,9H,1-2H3;2-5,11H,1H3;3-5,10H,9H2,1-2H3;2-4H,1H3;2-4H,8H2,1H3;1H3;1H3/i;;;;;;;;;;1D. The van der Waals surface area contributed by atoms with E-state index in [1.165, 1.54) is 76.9 Å². The van der Waals surface area contributed by atoms with Crippen LogP contribution in [0.3, 0.4) is 0 Å². The lowest BCUT2D eigenvalue weighted by Crippen LogP contribution is -1.96. The van der Waals surface area contributed by atoms with Crippen molar-refractivity contribution in [3.05, 3.63) is 306 Å². The third kappa shape index (κ3) is 28.8. The number of alkyl halides is 1. The molecule has 0 saturated carbocycles. The largest absolute Gasteiger partial charge is 0.508 e. The first-order valence-corrected chi connectivity index (χ1v) is 37.6. The molecule has 0 aliphatic carbocycles. The zero-order chi connectivity index (χ0) is 94.4. The lowest BCUT2D eigenvalue weighted by atomic mass is 10.2. The summed E-state index contributed by atoms with van der Waals surface area (Å²) in [5, 5.41) is 64.3. The quantitative estimate of drug-likeness (QED) is 0.0255. The summed E-state index contributed by atoms with van der Waals surface area (Å²) >= 11 is 5.67. The van der Waals surface area contributed by atoms with Gasteiger partial charge in [-0.1, -0.05) is 17.7 Å². The van der Waals surface area contributed by atoms with Crippen molar-refractivity contribution >= 4 is 118 Å². The summed E-state index contributed by atoms with van der Waals surface area (Å²) in [6.45, 7) is 6.68. The summed E-state index contributed by atoms with van der Waals surface area (Å²) in [4.78, 5) is 64.3. The van der Waals surface area contributed by atoms with Crippen LogP contribution in [0.2, 0.25) is 5.15 Å². The minimum atomic E-state index is -1.00. The van der Waals surface area contributed by atoms with Gasteiger partial charge >= 0.3 is 0 Å². The highest BCUT2D eigenvalue weighted by Crippen LogP contribution is 2.34. The number of nitrogen functional groups attached to an aromatic ring is 3. The molecule has 0 radical (unpaired) electrons. The molecule has 11 aromatic carbocycles. The second kappa shape index (κ2) is 48.7. The number of nitriles is 1. The minimum Gasteiger partial charge on any atom is -0.508 e.